The zero-order valence-corrected chi connectivity index (χ0v) is 12.7. The molecule has 1 heterocycles. The Labute approximate surface area is 130 Å². The molecule has 0 bridgehead atoms. The van der Waals surface area contributed by atoms with Gasteiger partial charge >= 0.3 is 0 Å². The summed E-state index contributed by atoms with van der Waals surface area (Å²) in [6.45, 7) is 0. The van der Waals surface area contributed by atoms with Crippen LogP contribution in [0, 0.1) is 5.82 Å². The van der Waals surface area contributed by atoms with Gasteiger partial charge in [0.25, 0.3) is 0 Å². The lowest BCUT2D eigenvalue weighted by molar-refractivity contribution is 0.614. The van der Waals surface area contributed by atoms with Gasteiger partial charge in [-0.1, -0.05) is 18.2 Å². The number of halogens is 2. The van der Waals surface area contributed by atoms with E-state index in [-0.39, 0.29) is 11.9 Å². The third-order valence-corrected chi connectivity index (χ3v) is 4.28. The Morgan fingerprint density at radius 1 is 1.10 bits per heavy atom. The molecule has 1 unspecified atom stereocenters. The number of nitrogens with zero attached hydrogens (tertiary/aromatic N) is 2. The van der Waals surface area contributed by atoms with Crippen LogP contribution in [0.2, 0.25) is 0 Å². The van der Waals surface area contributed by atoms with E-state index < -0.39 is 0 Å². The number of rotatable bonds is 3. The summed E-state index contributed by atoms with van der Waals surface area (Å²) in [7, 11) is 0. The summed E-state index contributed by atoms with van der Waals surface area (Å²) < 4.78 is 14.0. The van der Waals surface area contributed by atoms with Gasteiger partial charge in [-0.05, 0) is 51.7 Å². The van der Waals surface area contributed by atoms with Crippen LogP contribution < -0.4 is 5.73 Å². The second-order valence-corrected chi connectivity index (χ2v) is 5.62. The van der Waals surface area contributed by atoms with Crippen molar-refractivity contribution in [2.75, 3.05) is 0 Å². The van der Waals surface area contributed by atoms with E-state index in [1.165, 1.54) is 6.07 Å². The lowest BCUT2D eigenvalue weighted by Crippen LogP contribution is -2.14. The first kappa shape index (κ1) is 14.1. The van der Waals surface area contributed by atoms with Gasteiger partial charge in [0, 0.05) is 18.4 Å². The number of hydrogen-bond acceptors (Lipinski definition) is 3. The van der Waals surface area contributed by atoms with E-state index in [2.05, 4.69) is 25.9 Å². The molecule has 0 amide bonds. The zero-order chi connectivity index (χ0) is 14.8. The van der Waals surface area contributed by atoms with E-state index >= 15 is 0 Å². The van der Waals surface area contributed by atoms with Gasteiger partial charge in [0.05, 0.1) is 15.5 Å². The Morgan fingerprint density at radius 2 is 1.86 bits per heavy atom. The van der Waals surface area contributed by atoms with E-state index in [0.29, 0.717) is 10.9 Å². The predicted octanol–water partition coefficient (Wildman–Crippen LogP) is 3.77. The minimum absolute atomic E-state index is 0.227. The number of benzene rings is 2. The molecule has 0 radical (unpaired) electrons. The largest absolute Gasteiger partial charge is 0.324 e. The van der Waals surface area contributed by atoms with Crippen LogP contribution in [0.1, 0.15) is 17.2 Å². The van der Waals surface area contributed by atoms with Crippen molar-refractivity contribution in [3.8, 4) is 0 Å². The maximum absolute atomic E-state index is 13.5. The van der Waals surface area contributed by atoms with Crippen molar-refractivity contribution in [1.29, 1.82) is 0 Å². The quantitative estimate of drug-likeness (QED) is 0.785. The summed E-state index contributed by atoms with van der Waals surface area (Å²) in [6.07, 6.45) is 3.86. The molecule has 0 saturated heterocycles. The number of aromatic nitrogens is 2. The molecule has 3 nitrogen and oxygen atoms in total. The van der Waals surface area contributed by atoms with Crippen molar-refractivity contribution in [3.63, 3.8) is 0 Å². The molecular weight excluding hydrogens is 333 g/mol. The van der Waals surface area contributed by atoms with E-state index in [9.17, 15) is 4.39 Å². The molecule has 2 aromatic carbocycles. The van der Waals surface area contributed by atoms with Gasteiger partial charge < -0.3 is 5.73 Å². The number of fused-ring (bicyclic) bond motifs is 1. The average molecular weight is 346 g/mol. The highest BCUT2D eigenvalue weighted by molar-refractivity contribution is 9.10. The maximum Gasteiger partial charge on any atom is 0.137 e. The van der Waals surface area contributed by atoms with Gasteiger partial charge in [0.15, 0.2) is 0 Å². The zero-order valence-electron chi connectivity index (χ0n) is 11.1. The summed E-state index contributed by atoms with van der Waals surface area (Å²) in [5.41, 5.74) is 9.69. The Hall–Kier alpha value is -1.85. The maximum atomic E-state index is 13.5. The molecule has 106 valence electrons. The normalized spacial score (nSPS) is 12.5. The SMILES string of the molecule is NC(Cc1cccc(F)c1Br)c1ccc2nccnc2c1. The summed E-state index contributed by atoms with van der Waals surface area (Å²) in [6, 6.07) is 10.5. The van der Waals surface area contributed by atoms with Crippen LogP contribution in [0.25, 0.3) is 11.0 Å². The first-order chi connectivity index (χ1) is 10.1. The van der Waals surface area contributed by atoms with Crippen molar-refractivity contribution >= 4 is 27.0 Å². The molecule has 3 rings (SSSR count). The van der Waals surface area contributed by atoms with Gasteiger partial charge in [0.1, 0.15) is 5.82 Å². The first-order valence-corrected chi connectivity index (χ1v) is 7.33. The highest BCUT2D eigenvalue weighted by Crippen LogP contribution is 2.25. The lowest BCUT2D eigenvalue weighted by atomic mass is 9.99. The van der Waals surface area contributed by atoms with Crippen molar-refractivity contribution in [2.24, 2.45) is 5.73 Å². The number of hydrogen-bond donors (Lipinski definition) is 1. The first-order valence-electron chi connectivity index (χ1n) is 6.54. The molecule has 0 aliphatic heterocycles. The number of nitrogens with two attached hydrogens (primary N) is 1. The van der Waals surface area contributed by atoms with Crippen molar-refractivity contribution in [3.05, 3.63) is 70.2 Å². The monoisotopic (exact) mass is 345 g/mol. The van der Waals surface area contributed by atoms with Crippen LogP contribution in [0.5, 0.6) is 0 Å². The Balaban J connectivity index is 1.89. The van der Waals surface area contributed by atoms with E-state index in [1.807, 2.05) is 24.3 Å². The minimum atomic E-state index is -0.274. The van der Waals surface area contributed by atoms with Crippen molar-refractivity contribution in [2.45, 2.75) is 12.5 Å². The second kappa shape index (κ2) is 5.87. The highest BCUT2D eigenvalue weighted by atomic mass is 79.9. The van der Waals surface area contributed by atoms with Gasteiger partial charge in [-0.15, -0.1) is 0 Å². The summed E-state index contributed by atoms with van der Waals surface area (Å²) in [4.78, 5) is 8.51. The molecule has 21 heavy (non-hydrogen) atoms. The molecule has 3 aromatic rings. The molecule has 0 aliphatic carbocycles. The Morgan fingerprint density at radius 3 is 2.67 bits per heavy atom. The molecule has 0 aliphatic rings. The minimum Gasteiger partial charge on any atom is -0.324 e. The summed E-state index contributed by atoms with van der Waals surface area (Å²) in [5.74, 6) is -0.274. The molecule has 0 fully saturated rings. The van der Waals surface area contributed by atoms with Crippen molar-refractivity contribution in [1.82, 2.24) is 9.97 Å². The average Bonchev–Trinajstić information content (AvgIpc) is 2.51. The van der Waals surface area contributed by atoms with Gasteiger partial charge in [0.2, 0.25) is 0 Å². The van der Waals surface area contributed by atoms with Crippen LogP contribution in [0.4, 0.5) is 4.39 Å². The Kier molecular flexibility index (Phi) is 3.94. The lowest BCUT2D eigenvalue weighted by Gasteiger charge is -2.14. The predicted molar refractivity (Wildman–Crippen MR) is 84.3 cm³/mol. The van der Waals surface area contributed by atoms with Gasteiger partial charge in [-0.2, -0.15) is 0 Å². The molecule has 0 spiro atoms. The van der Waals surface area contributed by atoms with Crippen LogP contribution in [-0.4, -0.2) is 9.97 Å². The fraction of sp³-hybridized carbons (Fsp3) is 0.125. The van der Waals surface area contributed by atoms with Crippen LogP contribution in [-0.2, 0) is 6.42 Å². The third kappa shape index (κ3) is 2.94. The fourth-order valence-electron chi connectivity index (χ4n) is 2.27. The smallest absolute Gasteiger partial charge is 0.137 e. The van der Waals surface area contributed by atoms with E-state index in [1.54, 1.807) is 18.5 Å². The molecule has 0 saturated carbocycles. The van der Waals surface area contributed by atoms with Crippen LogP contribution in [0.3, 0.4) is 0 Å². The van der Waals surface area contributed by atoms with Gasteiger partial charge in [-0.3, -0.25) is 9.97 Å². The fourth-order valence-corrected chi connectivity index (χ4v) is 2.70. The topological polar surface area (TPSA) is 51.8 Å². The van der Waals surface area contributed by atoms with Gasteiger partial charge in [-0.25, -0.2) is 4.39 Å². The second-order valence-electron chi connectivity index (χ2n) is 4.83. The molecule has 1 aromatic heterocycles. The van der Waals surface area contributed by atoms with Crippen LogP contribution in [0.15, 0.2) is 53.3 Å². The summed E-state index contributed by atoms with van der Waals surface area (Å²) >= 11 is 3.27. The third-order valence-electron chi connectivity index (χ3n) is 3.39. The van der Waals surface area contributed by atoms with E-state index in [0.717, 1.165) is 22.2 Å². The van der Waals surface area contributed by atoms with Crippen molar-refractivity contribution < 1.29 is 4.39 Å². The summed E-state index contributed by atoms with van der Waals surface area (Å²) in [5, 5.41) is 0. The standard InChI is InChI=1S/C16H13BrFN3/c17-16-11(2-1-3-12(16)18)8-13(19)10-4-5-14-15(9-10)21-7-6-20-14/h1-7,9,13H,8,19H2. The molecule has 2 N–H and O–H groups in total. The molecular formula is C16H13BrFN3. The van der Waals surface area contributed by atoms with Crippen LogP contribution >= 0.6 is 15.9 Å². The Bertz CT molecular complexity index is 791. The molecule has 1 atom stereocenters. The van der Waals surface area contributed by atoms with E-state index in [4.69, 9.17) is 5.73 Å². The molecule has 5 heteroatoms. The highest BCUT2D eigenvalue weighted by Gasteiger charge is 2.12.